The summed E-state index contributed by atoms with van der Waals surface area (Å²) in [5.74, 6) is 0.945. The van der Waals surface area contributed by atoms with Gasteiger partial charge in [-0.15, -0.1) is 0 Å². The lowest BCUT2D eigenvalue weighted by atomic mass is 10.1. The summed E-state index contributed by atoms with van der Waals surface area (Å²) in [5, 5.41) is 1.28. The summed E-state index contributed by atoms with van der Waals surface area (Å²) in [7, 11) is 1.61. The third-order valence-corrected chi connectivity index (χ3v) is 3.44. The quantitative estimate of drug-likeness (QED) is 0.619. The molecule has 0 saturated heterocycles. The lowest BCUT2D eigenvalue weighted by molar-refractivity contribution is 0.0988. The number of carbonyl (C=O) groups is 1. The molecule has 0 fully saturated rings. The molecular weight excluding hydrogens is 298 g/mol. The molecule has 0 bridgehead atoms. The molecule has 0 aliphatic rings. The van der Waals surface area contributed by atoms with Gasteiger partial charge in [0.05, 0.1) is 7.11 Å². The van der Waals surface area contributed by atoms with Gasteiger partial charge in [0.2, 0.25) is 0 Å². The van der Waals surface area contributed by atoms with E-state index in [0.29, 0.717) is 6.42 Å². The first kappa shape index (κ1) is 19.5. The van der Waals surface area contributed by atoms with Crippen molar-refractivity contribution in [2.45, 2.75) is 34.1 Å². The van der Waals surface area contributed by atoms with Crippen LogP contribution in [0.15, 0.2) is 54.7 Å². The number of H-pyrrole nitrogens is 1. The number of Topliss-reactive ketones (excluding diaryl/α,β-unsaturated/α-hetero) is 1. The minimum Gasteiger partial charge on any atom is -0.497 e. The van der Waals surface area contributed by atoms with Crippen LogP contribution < -0.4 is 4.74 Å². The standard InChI is InChI=1S/C10H12O2.C9H9N.C2H6/c1-3-10(11)8-4-6-9(12-2)7-5-8;1-7-2-3-8-4-5-10-9(8)6-7;1-2/h4-7H,3H2,1-2H3;2-6,10H,1H3;1-2H3. The van der Waals surface area contributed by atoms with Crippen molar-refractivity contribution in [3.63, 3.8) is 0 Å². The zero-order chi connectivity index (χ0) is 17.9. The van der Waals surface area contributed by atoms with E-state index in [4.69, 9.17) is 4.74 Å². The molecule has 3 aromatic rings. The molecule has 2 aromatic carbocycles. The summed E-state index contributed by atoms with van der Waals surface area (Å²) >= 11 is 0. The Morgan fingerprint density at radius 2 is 1.71 bits per heavy atom. The van der Waals surface area contributed by atoms with Gasteiger partial charge in [-0.1, -0.05) is 32.9 Å². The van der Waals surface area contributed by atoms with Crippen LogP contribution in [0.4, 0.5) is 0 Å². The summed E-state index contributed by atoms with van der Waals surface area (Å²) in [5.41, 5.74) is 3.27. The van der Waals surface area contributed by atoms with Crippen molar-refractivity contribution >= 4 is 16.7 Å². The zero-order valence-corrected chi connectivity index (χ0v) is 15.2. The van der Waals surface area contributed by atoms with Crippen molar-refractivity contribution in [1.82, 2.24) is 4.98 Å². The molecule has 0 saturated carbocycles. The lowest BCUT2D eigenvalue weighted by Gasteiger charge is -2.00. The van der Waals surface area contributed by atoms with Gasteiger partial charge < -0.3 is 9.72 Å². The van der Waals surface area contributed by atoms with Crippen LogP contribution in [0.5, 0.6) is 5.75 Å². The zero-order valence-electron chi connectivity index (χ0n) is 15.2. The van der Waals surface area contributed by atoms with Crippen LogP contribution in [-0.4, -0.2) is 17.9 Å². The Morgan fingerprint density at radius 3 is 2.29 bits per heavy atom. The first-order valence-electron chi connectivity index (χ1n) is 8.35. The van der Waals surface area contributed by atoms with E-state index in [2.05, 4.69) is 36.2 Å². The van der Waals surface area contributed by atoms with E-state index in [9.17, 15) is 4.79 Å². The average Bonchev–Trinajstić information content (AvgIpc) is 3.11. The molecule has 0 radical (unpaired) electrons. The molecule has 0 spiro atoms. The van der Waals surface area contributed by atoms with E-state index in [1.54, 1.807) is 31.4 Å². The number of benzene rings is 2. The molecule has 24 heavy (non-hydrogen) atoms. The molecule has 0 atom stereocenters. The van der Waals surface area contributed by atoms with Gasteiger partial charge in [0, 0.05) is 23.7 Å². The number of aromatic nitrogens is 1. The smallest absolute Gasteiger partial charge is 0.162 e. The molecule has 3 nitrogen and oxygen atoms in total. The fourth-order valence-electron chi connectivity index (χ4n) is 2.14. The second-order valence-corrected chi connectivity index (χ2v) is 5.07. The monoisotopic (exact) mass is 325 g/mol. The van der Waals surface area contributed by atoms with Gasteiger partial charge in [-0.3, -0.25) is 4.79 Å². The maximum Gasteiger partial charge on any atom is 0.162 e. The van der Waals surface area contributed by atoms with Crippen LogP contribution >= 0.6 is 0 Å². The maximum absolute atomic E-state index is 11.2. The topological polar surface area (TPSA) is 42.1 Å². The number of rotatable bonds is 3. The van der Waals surface area contributed by atoms with Crippen LogP contribution in [0, 0.1) is 6.92 Å². The second kappa shape index (κ2) is 10.3. The van der Waals surface area contributed by atoms with Crippen LogP contribution in [0.3, 0.4) is 0 Å². The number of fused-ring (bicyclic) bond motifs is 1. The minimum atomic E-state index is 0.164. The fraction of sp³-hybridized carbons (Fsp3) is 0.286. The lowest BCUT2D eigenvalue weighted by Crippen LogP contribution is -1.95. The van der Waals surface area contributed by atoms with Gasteiger partial charge in [0.1, 0.15) is 5.75 Å². The van der Waals surface area contributed by atoms with E-state index >= 15 is 0 Å². The highest BCUT2D eigenvalue weighted by atomic mass is 16.5. The Balaban J connectivity index is 0.000000220. The van der Waals surface area contributed by atoms with Crippen molar-refractivity contribution in [2.75, 3.05) is 7.11 Å². The number of aromatic amines is 1. The van der Waals surface area contributed by atoms with E-state index in [1.807, 2.05) is 27.0 Å². The summed E-state index contributed by atoms with van der Waals surface area (Å²) in [6.07, 6.45) is 2.51. The van der Waals surface area contributed by atoms with Gasteiger partial charge in [-0.2, -0.15) is 0 Å². The Kier molecular flexibility index (Phi) is 8.34. The number of hydrogen-bond donors (Lipinski definition) is 1. The molecule has 1 heterocycles. The van der Waals surface area contributed by atoms with E-state index < -0.39 is 0 Å². The highest BCUT2D eigenvalue weighted by molar-refractivity contribution is 5.95. The molecule has 0 aliphatic carbocycles. The molecule has 0 amide bonds. The molecule has 0 unspecified atom stereocenters. The van der Waals surface area contributed by atoms with Crippen molar-refractivity contribution in [3.8, 4) is 5.75 Å². The SMILES string of the molecule is CC.CCC(=O)c1ccc(OC)cc1.Cc1ccc2cc[nH]c2c1. The van der Waals surface area contributed by atoms with E-state index in [0.717, 1.165) is 11.3 Å². The Hall–Kier alpha value is -2.55. The molecule has 3 rings (SSSR count). The summed E-state index contributed by atoms with van der Waals surface area (Å²) in [6, 6.07) is 15.6. The van der Waals surface area contributed by atoms with Crippen LogP contribution in [0.1, 0.15) is 43.1 Å². The summed E-state index contributed by atoms with van der Waals surface area (Å²) < 4.78 is 4.97. The number of carbonyl (C=O) groups excluding carboxylic acids is 1. The predicted molar refractivity (Wildman–Crippen MR) is 102 cm³/mol. The highest BCUT2D eigenvalue weighted by Crippen LogP contribution is 2.13. The molecule has 3 heteroatoms. The maximum atomic E-state index is 11.2. The summed E-state index contributed by atoms with van der Waals surface area (Å²) in [6.45, 7) is 7.95. The van der Waals surface area contributed by atoms with E-state index in [1.165, 1.54) is 16.5 Å². The first-order chi connectivity index (χ1) is 11.6. The van der Waals surface area contributed by atoms with Gasteiger partial charge in [-0.25, -0.2) is 0 Å². The molecule has 1 aromatic heterocycles. The number of ether oxygens (including phenoxy) is 1. The van der Waals surface area contributed by atoms with Gasteiger partial charge in [0.15, 0.2) is 5.78 Å². The van der Waals surface area contributed by atoms with Crippen LogP contribution in [0.2, 0.25) is 0 Å². The Morgan fingerprint density at radius 1 is 1.04 bits per heavy atom. The Labute approximate surface area is 144 Å². The van der Waals surface area contributed by atoms with Crippen LogP contribution in [0.25, 0.3) is 10.9 Å². The largest absolute Gasteiger partial charge is 0.497 e. The number of ketones is 1. The third-order valence-electron chi connectivity index (χ3n) is 3.44. The van der Waals surface area contributed by atoms with Gasteiger partial charge >= 0.3 is 0 Å². The number of nitrogens with one attached hydrogen (secondary N) is 1. The van der Waals surface area contributed by atoms with Crippen molar-refractivity contribution in [1.29, 1.82) is 0 Å². The fourth-order valence-corrected chi connectivity index (χ4v) is 2.14. The predicted octanol–water partition coefficient (Wildman–Crippen LogP) is 5.79. The third kappa shape index (κ3) is 5.58. The normalized spacial score (nSPS) is 9.38. The number of hydrogen-bond acceptors (Lipinski definition) is 2. The van der Waals surface area contributed by atoms with Crippen LogP contribution in [-0.2, 0) is 0 Å². The van der Waals surface area contributed by atoms with E-state index in [-0.39, 0.29) is 5.78 Å². The highest BCUT2D eigenvalue weighted by Gasteiger charge is 2.01. The Bertz CT molecular complexity index is 742. The number of aryl methyl sites for hydroxylation is 1. The summed E-state index contributed by atoms with van der Waals surface area (Å²) in [4.78, 5) is 14.3. The molecule has 128 valence electrons. The van der Waals surface area contributed by atoms with Crippen molar-refractivity contribution < 1.29 is 9.53 Å². The first-order valence-corrected chi connectivity index (χ1v) is 8.35. The number of methoxy groups -OCH3 is 1. The van der Waals surface area contributed by atoms with Crippen molar-refractivity contribution in [2.24, 2.45) is 0 Å². The van der Waals surface area contributed by atoms with Crippen molar-refractivity contribution in [3.05, 3.63) is 65.9 Å². The second-order valence-electron chi connectivity index (χ2n) is 5.07. The minimum absolute atomic E-state index is 0.164. The molecule has 1 N–H and O–H groups in total. The molecule has 0 aliphatic heterocycles. The van der Waals surface area contributed by atoms with Gasteiger partial charge in [0.25, 0.3) is 0 Å². The van der Waals surface area contributed by atoms with Gasteiger partial charge in [-0.05, 0) is 54.3 Å². The average molecular weight is 325 g/mol. The molecular formula is C21H27NO2.